The molecule has 2 aliphatic heterocycles. The third kappa shape index (κ3) is 3.35. The second-order valence-electron chi connectivity index (χ2n) is 6.66. The number of carboxylic acids is 1. The first-order valence-electron chi connectivity index (χ1n) is 7.47. The van der Waals surface area contributed by atoms with Gasteiger partial charge in [0.05, 0.1) is 12.2 Å². The number of rotatable bonds is 4. The van der Waals surface area contributed by atoms with Gasteiger partial charge in [-0.25, -0.2) is 14.8 Å². The van der Waals surface area contributed by atoms with E-state index in [-0.39, 0.29) is 18.8 Å². The molecule has 1 saturated heterocycles. The predicted octanol–water partition coefficient (Wildman–Crippen LogP) is 0.00960. The highest BCUT2D eigenvalue weighted by molar-refractivity contribution is 5.90. The molecule has 0 aromatic rings. The molecule has 2 heterocycles. The average Bonchev–Trinajstić information content (AvgIpc) is 2.86. The van der Waals surface area contributed by atoms with Gasteiger partial charge in [0, 0.05) is 12.2 Å². The van der Waals surface area contributed by atoms with Gasteiger partial charge in [-0.05, 0) is 20.8 Å². The van der Waals surface area contributed by atoms with Crippen LogP contribution in [-0.2, 0) is 14.3 Å². The topological polar surface area (TPSA) is 125 Å². The number of amides is 2. The zero-order valence-corrected chi connectivity index (χ0v) is 13.9. The molecule has 2 amide bonds. The van der Waals surface area contributed by atoms with Crippen molar-refractivity contribution in [3.05, 3.63) is 24.0 Å². The van der Waals surface area contributed by atoms with Gasteiger partial charge in [0.1, 0.15) is 17.6 Å². The van der Waals surface area contributed by atoms with E-state index < -0.39 is 35.5 Å². The molecule has 2 aliphatic rings. The second kappa shape index (κ2) is 6.16. The van der Waals surface area contributed by atoms with Crippen LogP contribution in [0.4, 0.5) is 4.79 Å². The fourth-order valence-corrected chi connectivity index (χ4v) is 2.70. The SMILES string of the molecule is C=CC(C(=O)O)C1=C(N)CN2C[C@H](NC(=O)OC(C)(C)C)C(=O)N12. The number of hydrogen-bond donors (Lipinski definition) is 3. The largest absolute Gasteiger partial charge is 0.481 e. The molecule has 1 unspecified atom stereocenters. The van der Waals surface area contributed by atoms with Gasteiger partial charge in [0.2, 0.25) is 0 Å². The highest BCUT2D eigenvalue weighted by Gasteiger charge is 2.48. The Hall–Kier alpha value is -2.55. The number of carbonyl (C=O) groups is 3. The Labute approximate surface area is 139 Å². The summed E-state index contributed by atoms with van der Waals surface area (Å²) in [5, 5.41) is 14.6. The predicted molar refractivity (Wildman–Crippen MR) is 84.1 cm³/mol. The van der Waals surface area contributed by atoms with Crippen LogP contribution >= 0.6 is 0 Å². The van der Waals surface area contributed by atoms with E-state index in [2.05, 4.69) is 11.9 Å². The minimum Gasteiger partial charge on any atom is -0.481 e. The van der Waals surface area contributed by atoms with Crippen LogP contribution in [0.25, 0.3) is 0 Å². The van der Waals surface area contributed by atoms with Crippen LogP contribution in [0.5, 0.6) is 0 Å². The van der Waals surface area contributed by atoms with Crippen molar-refractivity contribution in [1.82, 2.24) is 15.3 Å². The Bertz CT molecular complexity index is 622. The van der Waals surface area contributed by atoms with Gasteiger partial charge in [-0.2, -0.15) is 0 Å². The van der Waals surface area contributed by atoms with Crippen LogP contribution in [0, 0.1) is 5.92 Å². The molecule has 9 nitrogen and oxygen atoms in total. The van der Waals surface area contributed by atoms with Gasteiger partial charge in [0.15, 0.2) is 0 Å². The molecule has 24 heavy (non-hydrogen) atoms. The quantitative estimate of drug-likeness (QED) is 0.617. The van der Waals surface area contributed by atoms with Crippen LogP contribution in [0.15, 0.2) is 24.0 Å². The number of aliphatic carboxylic acids is 1. The zero-order valence-electron chi connectivity index (χ0n) is 13.9. The lowest BCUT2D eigenvalue weighted by Crippen LogP contribution is -2.45. The lowest BCUT2D eigenvalue weighted by Gasteiger charge is -2.24. The standard InChI is InChI=1S/C15H22N4O5/c1-5-8(13(21)22)11-9(16)6-18-7-10(12(20)19(11)18)17-14(23)24-15(2,3)4/h5,8,10H,1,6-7,16H2,2-4H3,(H,17,23)(H,21,22)/t8?,10-/m0/s1. The number of carbonyl (C=O) groups excluding carboxylic acids is 2. The summed E-state index contributed by atoms with van der Waals surface area (Å²) in [5.41, 5.74) is 5.69. The van der Waals surface area contributed by atoms with Crippen LogP contribution in [0.3, 0.4) is 0 Å². The van der Waals surface area contributed by atoms with E-state index in [9.17, 15) is 19.5 Å². The number of hydrogen-bond acceptors (Lipinski definition) is 6. The molecule has 9 heteroatoms. The Morgan fingerprint density at radius 2 is 2.12 bits per heavy atom. The lowest BCUT2D eigenvalue weighted by molar-refractivity contribution is -0.141. The van der Waals surface area contributed by atoms with Crippen LogP contribution in [-0.4, -0.2) is 57.8 Å². The molecule has 0 aromatic heterocycles. The summed E-state index contributed by atoms with van der Waals surface area (Å²) in [6.45, 7) is 9.04. The maximum atomic E-state index is 12.6. The normalized spacial score (nSPS) is 22.4. The molecule has 0 spiro atoms. The minimum absolute atomic E-state index is 0.177. The van der Waals surface area contributed by atoms with Crippen molar-refractivity contribution >= 4 is 18.0 Å². The lowest BCUT2D eigenvalue weighted by atomic mass is 10.0. The summed E-state index contributed by atoms with van der Waals surface area (Å²) in [7, 11) is 0. The van der Waals surface area contributed by atoms with Crippen molar-refractivity contribution in [1.29, 1.82) is 0 Å². The second-order valence-corrected chi connectivity index (χ2v) is 6.66. The molecule has 2 atom stereocenters. The molecule has 132 valence electrons. The maximum absolute atomic E-state index is 12.6. The molecular weight excluding hydrogens is 316 g/mol. The minimum atomic E-state index is -1.15. The van der Waals surface area contributed by atoms with Crippen molar-refractivity contribution in [2.24, 2.45) is 11.7 Å². The number of fused-ring (bicyclic) bond motifs is 1. The van der Waals surface area contributed by atoms with E-state index in [4.69, 9.17) is 10.5 Å². The first-order valence-corrected chi connectivity index (χ1v) is 7.47. The molecule has 0 aliphatic carbocycles. The van der Waals surface area contributed by atoms with Crippen molar-refractivity contribution in [3.8, 4) is 0 Å². The number of nitrogens with one attached hydrogen (secondary N) is 1. The smallest absolute Gasteiger partial charge is 0.408 e. The molecule has 2 rings (SSSR count). The van der Waals surface area contributed by atoms with Gasteiger partial charge in [-0.1, -0.05) is 6.08 Å². The van der Waals surface area contributed by atoms with Gasteiger partial charge >= 0.3 is 12.1 Å². The monoisotopic (exact) mass is 338 g/mol. The molecule has 0 aromatic carbocycles. The van der Waals surface area contributed by atoms with Crippen LogP contribution in [0.1, 0.15) is 20.8 Å². The average molecular weight is 338 g/mol. The number of nitrogens with two attached hydrogens (primary N) is 1. The molecule has 0 bridgehead atoms. The summed E-state index contributed by atoms with van der Waals surface area (Å²) in [6, 6.07) is -0.831. The Morgan fingerprint density at radius 1 is 1.50 bits per heavy atom. The van der Waals surface area contributed by atoms with E-state index in [0.717, 1.165) is 0 Å². The molecule has 0 radical (unpaired) electrons. The van der Waals surface area contributed by atoms with Gasteiger partial charge < -0.3 is 20.9 Å². The Morgan fingerprint density at radius 3 is 2.62 bits per heavy atom. The summed E-state index contributed by atoms with van der Waals surface area (Å²) in [6.07, 6.45) is 0.510. The van der Waals surface area contributed by atoms with Crippen LogP contribution in [0.2, 0.25) is 0 Å². The van der Waals surface area contributed by atoms with Crippen molar-refractivity contribution < 1.29 is 24.2 Å². The van der Waals surface area contributed by atoms with E-state index in [0.29, 0.717) is 5.70 Å². The fourth-order valence-electron chi connectivity index (χ4n) is 2.70. The first kappa shape index (κ1) is 17.8. The maximum Gasteiger partial charge on any atom is 0.408 e. The molecule has 4 N–H and O–H groups in total. The third-order valence-electron chi connectivity index (χ3n) is 3.58. The molecule has 0 saturated carbocycles. The first-order chi connectivity index (χ1) is 11.0. The molecule has 1 fully saturated rings. The van der Waals surface area contributed by atoms with Crippen LogP contribution < -0.4 is 11.1 Å². The number of nitrogens with zero attached hydrogens (tertiary/aromatic N) is 2. The summed E-state index contributed by atoms with van der Waals surface area (Å²) in [4.78, 5) is 35.8. The van der Waals surface area contributed by atoms with Crippen molar-refractivity contribution in [2.75, 3.05) is 13.1 Å². The van der Waals surface area contributed by atoms with E-state index in [1.807, 2.05) is 0 Å². The van der Waals surface area contributed by atoms with Gasteiger partial charge in [-0.15, -0.1) is 6.58 Å². The van der Waals surface area contributed by atoms with Crippen molar-refractivity contribution in [2.45, 2.75) is 32.4 Å². The number of hydrazine groups is 1. The number of alkyl carbamates (subject to hydrolysis) is 1. The highest BCUT2D eigenvalue weighted by Crippen LogP contribution is 2.32. The van der Waals surface area contributed by atoms with Gasteiger partial charge in [-0.3, -0.25) is 9.59 Å². The number of ether oxygens (including phenoxy) is 1. The van der Waals surface area contributed by atoms with E-state index >= 15 is 0 Å². The third-order valence-corrected chi connectivity index (χ3v) is 3.58. The highest BCUT2D eigenvalue weighted by atomic mass is 16.6. The number of carboxylic acid groups (broad SMARTS) is 1. The zero-order chi connectivity index (χ0) is 18.2. The summed E-state index contributed by atoms with van der Waals surface area (Å²) < 4.78 is 5.14. The summed E-state index contributed by atoms with van der Waals surface area (Å²) in [5.74, 6) is -2.70. The fraction of sp³-hybridized carbons (Fsp3) is 0.533. The summed E-state index contributed by atoms with van der Waals surface area (Å²) >= 11 is 0. The molecular formula is C15H22N4O5. The van der Waals surface area contributed by atoms with Gasteiger partial charge in [0.25, 0.3) is 5.91 Å². The van der Waals surface area contributed by atoms with E-state index in [1.54, 1.807) is 25.8 Å². The van der Waals surface area contributed by atoms with Crippen molar-refractivity contribution in [3.63, 3.8) is 0 Å². The van der Waals surface area contributed by atoms with E-state index in [1.165, 1.54) is 11.1 Å². The Balaban J connectivity index is 2.15. The Kier molecular flexibility index (Phi) is 4.57.